The lowest BCUT2D eigenvalue weighted by molar-refractivity contribution is -0.122. The molecule has 1 N–H and O–H groups in total. The number of ether oxygens (including phenoxy) is 1. The van der Waals surface area contributed by atoms with E-state index in [1.54, 1.807) is 44.0 Å². The van der Waals surface area contributed by atoms with Gasteiger partial charge < -0.3 is 10.1 Å². The largest absolute Gasteiger partial charge is 0.481 e. The van der Waals surface area contributed by atoms with E-state index in [0.717, 1.165) is 28.1 Å². The van der Waals surface area contributed by atoms with Crippen molar-refractivity contribution in [2.75, 3.05) is 5.32 Å². The van der Waals surface area contributed by atoms with E-state index in [1.807, 2.05) is 49.4 Å². The van der Waals surface area contributed by atoms with E-state index >= 15 is 0 Å². The van der Waals surface area contributed by atoms with Gasteiger partial charge in [-0.05, 0) is 61.4 Å². The SMILES string of the molecule is Cc1cc(-c2ccc(OC(C)C(=O)Nc3ccc(-c4cnccn4)cn3)cc2)ccn1. The molecule has 0 saturated carbocycles. The van der Waals surface area contributed by atoms with Gasteiger partial charge >= 0.3 is 0 Å². The highest BCUT2D eigenvalue weighted by molar-refractivity contribution is 5.93. The zero-order valence-corrected chi connectivity index (χ0v) is 17.2. The molecule has 0 radical (unpaired) electrons. The number of rotatable bonds is 6. The van der Waals surface area contributed by atoms with Crippen LogP contribution >= 0.6 is 0 Å². The van der Waals surface area contributed by atoms with Crippen LogP contribution in [0.1, 0.15) is 12.6 Å². The number of carbonyl (C=O) groups is 1. The molecule has 0 aliphatic rings. The van der Waals surface area contributed by atoms with E-state index in [1.165, 1.54) is 0 Å². The lowest BCUT2D eigenvalue weighted by Crippen LogP contribution is -2.30. The normalized spacial score (nSPS) is 11.5. The second kappa shape index (κ2) is 9.13. The Morgan fingerprint density at radius 1 is 0.871 bits per heavy atom. The summed E-state index contributed by atoms with van der Waals surface area (Å²) in [6.45, 7) is 3.66. The Hall–Kier alpha value is -4.13. The van der Waals surface area contributed by atoms with Crippen LogP contribution in [0.2, 0.25) is 0 Å². The van der Waals surface area contributed by atoms with E-state index in [9.17, 15) is 4.79 Å². The highest BCUT2D eigenvalue weighted by atomic mass is 16.5. The summed E-state index contributed by atoms with van der Waals surface area (Å²) >= 11 is 0. The first-order valence-electron chi connectivity index (χ1n) is 9.81. The maximum absolute atomic E-state index is 12.5. The number of hydrogen-bond donors (Lipinski definition) is 1. The first-order valence-corrected chi connectivity index (χ1v) is 9.81. The van der Waals surface area contributed by atoms with Crippen molar-refractivity contribution < 1.29 is 9.53 Å². The molecule has 0 aliphatic heterocycles. The quantitative estimate of drug-likeness (QED) is 0.508. The molecule has 7 nitrogen and oxygen atoms in total. The number of anilines is 1. The summed E-state index contributed by atoms with van der Waals surface area (Å²) in [6.07, 6.45) is 7.64. The van der Waals surface area contributed by atoms with Crippen LogP contribution in [0.4, 0.5) is 5.82 Å². The summed E-state index contributed by atoms with van der Waals surface area (Å²) in [5, 5.41) is 2.77. The minimum absolute atomic E-state index is 0.284. The molecular weight excluding hydrogens is 390 g/mol. The molecular formula is C24H21N5O2. The number of amides is 1. The number of nitrogens with zero attached hydrogens (tertiary/aromatic N) is 4. The Morgan fingerprint density at radius 3 is 2.35 bits per heavy atom. The molecule has 0 fully saturated rings. The van der Waals surface area contributed by atoms with Gasteiger partial charge in [-0.2, -0.15) is 0 Å². The molecule has 0 bridgehead atoms. The van der Waals surface area contributed by atoms with E-state index in [-0.39, 0.29) is 5.91 Å². The average Bonchev–Trinajstić information content (AvgIpc) is 2.80. The first-order chi connectivity index (χ1) is 15.1. The molecule has 1 unspecified atom stereocenters. The number of nitrogens with one attached hydrogen (secondary N) is 1. The molecule has 3 heterocycles. The van der Waals surface area contributed by atoms with Gasteiger partial charge in [-0.15, -0.1) is 0 Å². The number of hydrogen-bond acceptors (Lipinski definition) is 6. The maximum atomic E-state index is 12.5. The van der Waals surface area contributed by atoms with E-state index in [4.69, 9.17) is 4.74 Å². The number of aromatic nitrogens is 4. The van der Waals surface area contributed by atoms with Crippen LogP contribution in [0, 0.1) is 6.92 Å². The second-order valence-electron chi connectivity index (χ2n) is 6.98. The van der Waals surface area contributed by atoms with Gasteiger partial charge in [-0.1, -0.05) is 12.1 Å². The molecule has 7 heteroatoms. The van der Waals surface area contributed by atoms with Crippen molar-refractivity contribution >= 4 is 11.7 Å². The van der Waals surface area contributed by atoms with Gasteiger partial charge in [0, 0.05) is 36.0 Å². The number of benzene rings is 1. The highest BCUT2D eigenvalue weighted by Crippen LogP contribution is 2.23. The zero-order valence-electron chi connectivity index (χ0n) is 17.2. The third-order valence-electron chi connectivity index (χ3n) is 4.64. The highest BCUT2D eigenvalue weighted by Gasteiger charge is 2.15. The summed E-state index contributed by atoms with van der Waals surface area (Å²) in [6, 6.07) is 15.2. The molecule has 0 spiro atoms. The lowest BCUT2D eigenvalue weighted by atomic mass is 10.1. The predicted octanol–water partition coefficient (Wildman–Crippen LogP) is 4.32. The van der Waals surface area contributed by atoms with Gasteiger partial charge in [0.2, 0.25) is 0 Å². The topological polar surface area (TPSA) is 89.9 Å². The summed E-state index contributed by atoms with van der Waals surface area (Å²) < 4.78 is 5.79. The fraction of sp³-hybridized carbons (Fsp3) is 0.125. The van der Waals surface area contributed by atoms with Crippen LogP contribution in [0.5, 0.6) is 5.75 Å². The Morgan fingerprint density at radius 2 is 1.68 bits per heavy atom. The fourth-order valence-electron chi connectivity index (χ4n) is 3.00. The van der Waals surface area contributed by atoms with Gasteiger partial charge in [0.05, 0.1) is 11.9 Å². The first kappa shape index (κ1) is 20.2. The Kier molecular flexibility index (Phi) is 5.93. The van der Waals surface area contributed by atoms with Gasteiger partial charge in [0.25, 0.3) is 5.91 Å². The van der Waals surface area contributed by atoms with Crippen molar-refractivity contribution in [1.29, 1.82) is 0 Å². The average molecular weight is 411 g/mol. The molecule has 1 aromatic carbocycles. The Labute approximate surface area is 180 Å². The van der Waals surface area contributed by atoms with Crippen molar-refractivity contribution in [3.05, 3.63) is 85.2 Å². The fourth-order valence-corrected chi connectivity index (χ4v) is 3.00. The standard InChI is InChI=1S/C24H21N5O2/c1-16-13-19(9-10-26-16)18-3-6-21(7-4-18)31-17(2)24(30)29-23-8-5-20(14-28-23)22-15-25-11-12-27-22/h3-15,17H,1-2H3,(H,28,29,30). The lowest BCUT2D eigenvalue weighted by Gasteiger charge is -2.15. The summed E-state index contributed by atoms with van der Waals surface area (Å²) in [5.41, 5.74) is 4.64. The summed E-state index contributed by atoms with van der Waals surface area (Å²) in [4.78, 5) is 29.3. The van der Waals surface area contributed by atoms with Crippen LogP contribution in [-0.2, 0) is 4.79 Å². The minimum Gasteiger partial charge on any atom is -0.481 e. The van der Waals surface area contributed by atoms with Crippen molar-refractivity contribution in [3.8, 4) is 28.1 Å². The molecule has 4 aromatic rings. The van der Waals surface area contributed by atoms with Gasteiger partial charge in [-0.3, -0.25) is 19.7 Å². The molecule has 4 rings (SSSR count). The van der Waals surface area contributed by atoms with Crippen molar-refractivity contribution in [1.82, 2.24) is 19.9 Å². The van der Waals surface area contributed by atoms with Crippen LogP contribution in [0.15, 0.2) is 79.5 Å². The number of carbonyl (C=O) groups excluding carboxylic acids is 1. The Balaban J connectivity index is 1.36. The minimum atomic E-state index is -0.685. The summed E-state index contributed by atoms with van der Waals surface area (Å²) in [7, 11) is 0. The Bertz CT molecular complexity index is 1160. The molecule has 1 atom stereocenters. The van der Waals surface area contributed by atoms with E-state index in [2.05, 4.69) is 25.3 Å². The van der Waals surface area contributed by atoms with Crippen molar-refractivity contribution in [3.63, 3.8) is 0 Å². The number of aryl methyl sites for hydroxylation is 1. The molecule has 0 aliphatic carbocycles. The van der Waals surface area contributed by atoms with Crippen molar-refractivity contribution in [2.24, 2.45) is 0 Å². The van der Waals surface area contributed by atoms with E-state index < -0.39 is 6.10 Å². The maximum Gasteiger partial charge on any atom is 0.266 e. The smallest absolute Gasteiger partial charge is 0.266 e. The van der Waals surface area contributed by atoms with E-state index in [0.29, 0.717) is 11.6 Å². The van der Waals surface area contributed by atoms with Crippen LogP contribution < -0.4 is 10.1 Å². The second-order valence-corrected chi connectivity index (χ2v) is 6.98. The van der Waals surface area contributed by atoms with Crippen molar-refractivity contribution in [2.45, 2.75) is 20.0 Å². The molecule has 154 valence electrons. The van der Waals surface area contributed by atoms with Crippen LogP contribution in [-0.4, -0.2) is 31.9 Å². The monoisotopic (exact) mass is 411 g/mol. The zero-order chi connectivity index (χ0) is 21.6. The summed E-state index contributed by atoms with van der Waals surface area (Å²) in [5.74, 6) is 0.772. The molecule has 1 amide bonds. The predicted molar refractivity (Wildman–Crippen MR) is 118 cm³/mol. The van der Waals surface area contributed by atoms with Crippen LogP contribution in [0.25, 0.3) is 22.4 Å². The van der Waals surface area contributed by atoms with Gasteiger partial charge in [-0.25, -0.2) is 4.98 Å². The third kappa shape index (κ3) is 5.08. The van der Waals surface area contributed by atoms with Crippen LogP contribution in [0.3, 0.4) is 0 Å². The van der Waals surface area contributed by atoms with Gasteiger partial charge in [0.15, 0.2) is 6.10 Å². The molecule has 31 heavy (non-hydrogen) atoms. The van der Waals surface area contributed by atoms with Gasteiger partial charge in [0.1, 0.15) is 11.6 Å². The number of pyridine rings is 2. The third-order valence-corrected chi connectivity index (χ3v) is 4.64. The molecule has 0 saturated heterocycles. The molecule has 3 aromatic heterocycles.